The Morgan fingerprint density at radius 1 is 1.40 bits per heavy atom. The van der Waals surface area contributed by atoms with E-state index >= 15 is 0 Å². The van der Waals surface area contributed by atoms with Gasteiger partial charge in [0.05, 0.1) is 6.04 Å². The largest absolute Gasteiger partial charge is 0.391 e. The summed E-state index contributed by atoms with van der Waals surface area (Å²) in [7, 11) is 0. The van der Waals surface area contributed by atoms with Gasteiger partial charge in [-0.1, -0.05) is 6.42 Å². The molecule has 3 fully saturated rings. The van der Waals surface area contributed by atoms with Crippen molar-refractivity contribution < 1.29 is 19.2 Å². The molecular weight excluding hydrogens is 198 g/mol. The molecular formula is C10H13NO4. The van der Waals surface area contributed by atoms with Crippen molar-refractivity contribution in [1.29, 1.82) is 0 Å². The molecule has 0 aromatic rings. The molecule has 0 radical (unpaired) electrons. The number of nitrogens with zero attached hydrogens (tertiary/aromatic N) is 1. The van der Waals surface area contributed by atoms with Gasteiger partial charge in [-0.15, -0.1) is 0 Å². The predicted molar refractivity (Wildman–Crippen MR) is 48.4 cm³/mol. The molecule has 82 valence electrons. The van der Waals surface area contributed by atoms with Gasteiger partial charge in [0.25, 0.3) is 0 Å². The number of piperidine rings is 1. The van der Waals surface area contributed by atoms with Crippen molar-refractivity contribution in [3.63, 3.8) is 0 Å². The van der Waals surface area contributed by atoms with E-state index in [1.54, 1.807) is 12.0 Å². The average molecular weight is 211 g/mol. The molecule has 0 unspecified atom stereocenters. The van der Waals surface area contributed by atoms with E-state index in [9.17, 15) is 9.59 Å². The number of esters is 2. The maximum atomic E-state index is 11.6. The summed E-state index contributed by atoms with van der Waals surface area (Å²) in [5, 5.41) is 1.80. The van der Waals surface area contributed by atoms with Crippen LogP contribution in [0.4, 0.5) is 0 Å². The van der Waals surface area contributed by atoms with Crippen LogP contribution in [0, 0.1) is 5.92 Å². The molecule has 3 heterocycles. The van der Waals surface area contributed by atoms with Crippen molar-refractivity contribution in [1.82, 2.24) is 5.06 Å². The van der Waals surface area contributed by atoms with Crippen LogP contribution in [0.3, 0.4) is 0 Å². The summed E-state index contributed by atoms with van der Waals surface area (Å²) in [5.74, 6) is -1.38. The third-order valence-electron chi connectivity index (χ3n) is 3.64. The lowest BCUT2D eigenvalue weighted by Crippen LogP contribution is -2.39. The highest BCUT2D eigenvalue weighted by Gasteiger charge is 2.66. The number of hydrogen-bond donors (Lipinski definition) is 0. The van der Waals surface area contributed by atoms with Gasteiger partial charge in [-0.25, -0.2) is 4.79 Å². The summed E-state index contributed by atoms with van der Waals surface area (Å²) in [4.78, 5) is 28.7. The molecule has 3 rings (SSSR count). The van der Waals surface area contributed by atoms with Crippen molar-refractivity contribution >= 4 is 11.9 Å². The summed E-state index contributed by atoms with van der Waals surface area (Å²) in [5.41, 5.74) is -1.06. The zero-order valence-corrected chi connectivity index (χ0v) is 8.56. The summed E-state index contributed by atoms with van der Waals surface area (Å²) in [6.45, 7) is 2.46. The summed E-state index contributed by atoms with van der Waals surface area (Å²) < 4.78 is 4.65. The van der Waals surface area contributed by atoms with E-state index in [2.05, 4.69) is 4.74 Å². The maximum Gasteiger partial charge on any atom is 0.348 e. The minimum atomic E-state index is -1.06. The van der Waals surface area contributed by atoms with E-state index in [4.69, 9.17) is 4.84 Å². The van der Waals surface area contributed by atoms with Gasteiger partial charge in [-0.2, -0.15) is 5.06 Å². The summed E-state index contributed by atoms with van der Waals surface area (Å²) >= 11 is 0. The highest BCUT2D eigenvalue weighted by atomic mass is 16.7. The van der Waals surface area contributed by atoms with Crippen molar-refractivity contribution in [3.05, 3.63) is 0 Å². The quantitative estimate of drug-likeness (QED) is 0.424. The highest BCUT2D eigenvalue weighted by molar-refractivity contribution is 6.01. The second-order valence-electron chi connectivity index (χ2n) is 4.59. The minimum Gasteiger partial charge on any atom is -0.391 e. The molecule has 3 atom stereocenters. The molecule has 5 nitrogen and oxygen atoms in total. The molecule has 3 aliphatic heterocycles. The second kappa shape index (κ2) is 2.80. The lowest BCUT2D eigenvalue weighted by atomic mass is 9.83. The second-order valence-corrected chi connectivity index (χ2v) is 4.59. The molecule has 15 heavy (non-hydrogen) atoms. The number of hydroxylamine groups is 2. The molecule has 3 saturated heterocycles. The molecule has 0 bridgehead atoms. The van der Waals surface area contributed by atoms with Crippen LogP contribution in [0.2, 0.25) is 0 Å². The molecule has 0 N–H and O–H groups in total. The van der Waals surface area contributed by atoms with Crippen LogP contribution in [0.25, 0.3) is 0 Å². The van der Waals surface area contributed by atoms with Crippen LogP contribution in [-0.2, 0) is 19.2 Å². The predicted octanol–water partition coefficient (Wildman–Crippen LogP) is 0.244. The van der Waals surface area contributed by atoms with Gasteiger partial charge < -0.3 is 4.74 Å². The molecule has 0 aromatic heterocycles. The first-order chi connectivity index (χ1) is 7.13. The van der Waals surface area contributed by atoms with Gasteiger partial charge >= 0.3 is 11.9 Å². The molecule has 0 aromatic carbocycles. The van der Waals surface area contributed by atoms with Gasteiger partial charge in [-0.3, -0.25) is 9.63 Å². The Labute approximate surface area is 87.3 Å². The minimum absolute atomic E-state index is 0.0303. The molecule has 0 spiro atoms. The molecule has 0 saturated carbocycles. The highest BCUT2D eigenvalue weighted by Crippen LogP contribution is 2.45. The standard InChI is InChI=1S/C10H13NO4/c1-10-7(8(12)14-9(10)13)6-4-2-3-5-11(6)15-10/h6-7H,2-5H2,1H3/t6-,7-,10-/m1/s1. The summed E-state index contributed by atoms with van der Waals surface area (Å²) in [6.07, 6.45) is 3.05. The average Bonchev–Trinajstić information content (AvgIpc) is 2.60. The van der Waals surface area contributed by atoms with E-state index in [1.807, 2.05) is 0 Å². The maximum absolute atomic E-state index is 11.6. The number of carbonyl (C=O) groups is 2. The third kappa shape index (κ3) is 1.05. The first-order valence-electron chi connectivity index (χ1n) is 5.35. The number of ether oxygens (including phenoxy) is 1. The number of rotatable bonds is 0. The Kier molecular flexibility index (Phi) is 1.73. The van der Waals surface area contributed by atoms with Gasteiger partial charge in [0.2, 0.25) is 0 Å². The Morgan fingerprint density at radius 3 is 3.00 bits per heavy atom. The fourth-order valence-electron chi connectivity index (χ4n) is 2.85. The van der Waals surface area contributed by atoms with Crippen LogP contribution >= 0.6 is 0 Å². The van der Waals surface area contributed by atoms with E-state index in [-0.39, 0.29) is 6.04 Å². The molecule has 0 amide bonds. The van der Waals surface area contributed by atoms with E-state index in [1.165, 1.54) is 0 Å². The van der Waals surface area contributed by atoms with Crippen molar-refractivity contribution in [2.75, 3.05) is 6.54 Å². The number of hydrogen-bond acceptors (Lipinski definition) is 5. The smallest absolute Gasteiger partial charge is 0.348 e. The van der Waals surface area contributed by atoms with Crippen LogP contribution in [0.1, 0.15) is 26.2 Å². The van der Waals surface area contributed by atoms with Gasteiger partial charge in [-0.05, 0) is 19.8 Å². The van der Waals surface area contributed by atoms with Gasteiger partial charge in [0, 0.05) is 6.54 Å². The first kappa shape index (κ1) is 9.30. The van der Waals surface area contributed by atoms with Gasteiger partial charge in [0.15, 0.2) is 5.60 Å². The lowest BCUT2D eigenvalue weighted by Gasteiger charge is -2.28. The number of fused-ring (bicyclic) bond motifs is 3. The topological polar surface area (TPSA) is 55.8 Å². The van der Waals surface area contributed by atoms with Gasteiger partial charge in [0.1, 0.15) is 5.92 Å². The monoisotopic (exact) mass is 211 g/mol. The fraction of sp³-hybridized carbons (Fsp3) is 0.800. The third-order valence-corrected chi connectivity index (χ3v) is 3.64. The Morgan fingerprint density at radius 2 is 2.20 bits per heavy atom. The fourth-order valence-corrected chi connectivity index (χ4v) is 2.85. The molecule has 5 heteroatoms. The Balaban J connectivity index is 1.99. The SMILES string of the molecule is C[C@@]12ON3CCCC[C@@H]3[C@@H]1C(=O)OC2=O. The zero-order chi connectivity index (χ0) is 10.6. The van der Waals surface area contributed by atoms with Crippen molar-refractivity contribution in [2.45, 2.75) is 37.8 Å². The first-order valence-corrected chi connectivity index (χ1v) is 5.35. The Bertz CT molecular complexity index is 342. The van der Waals surface area contributed by atoms with E-state index < -0.39 is 23.5 Å². The normalized spacial score (nSPS) is 45.1. The van der Waals surface area contributed by atoms with Crippen molar-refractivity contribution in [2.24, 2.45) is 5.92 Å². The number of carbonyl (C=O) groups excluding carboxylic acids is 2. The molecule has 0 aliphatic carbocycles. The number of cyclic esters (lactones) is 2. The van der Waals surface area contributed by atoms with Crippen LogP contribution in [0.15, 0.2) is 0 Å². The van der Waals surface area contributed by atoms with Crippen LogP contribution in [-0.4, -0.2) is 35.2 Å². The van der Waals surface area contributed by atoms with Crippen LogP contribution < -0.4 is 0 Å². The van der Waals surface area contributed by atoms with Crippen molar-refractivity contribution in [3.8, 4) is 0 Å². The molecule has 3 aliphatic rings. The zero-order valence-electron chi connectivity index (χ0n) is 8.56. The Hall–Kier alpha value is -0.940. The van der Waals surface area contributed by atoms with Crippen LogP contribution in [0.5, 0.6) is 0 Å². The summed E-state index contributed by atoms with van der Waals surface area (Å²) in [6, 6.07) is 0.0303. The lowest BCUT2D eigenvalue weighted by molar-refractivity contribution is -0.215. The van der Waals surface area contributed by atoms with E-state index in [0.29, 0.717) is 0 Å². The van der Waals surface area contributed by atoms with E-state index in [0.717, 1.165) is 25.8 Å².